The van der Waals surface area contributed by atoms with Gasteiger partial charge >= 0.3 is 0 Å². The fraction of sp³-hybridized carbons (Fsp3) is 0.182. The highest BCUT2D eigenvalue weighted by Gasteiger charge is 2.23. The molecule has 0 aliphatic heterocycles. The smallest absolute Gasteiger partial charge is 0.267 e. The molecular weight excluding hydrogens is 386 g/mol. The molecule has 1 aromatic carbocycles. The van der Waals surface area contributed by atoms with Crippen LogP contribution < -0.4 is 0 Å². The minimum Gasteiger partial charge on any atom is -0.422 e. The zero-order chi connectivity index (χ0) is 19.4. The van der Waals surface area contributed by atoms with Gasteiger partial charge in [-0.1, -0.05) is 30.2 Å². The van der Waals surface area contributed by atoms with Crippen LogP contribution in [0.15, 0.2) is 59.5 Å². The van der Waals surface area contributed by atoms with Crippen molar-refractivity contribution in [3.05, 3.63) is 65.8 Å². The van der Waals surface area contributed by atoms with Crippen LogP contribution in [-0.4, -0.2) is 24.6 Å². The first-order chi connectivity index (χ1) is 14.3. The molecule has 0 bridgehead atoms. The molecule has 6 nitrogen and oxygen atoms in total. The van der Waals surface area contributed by atoms with E-state index in [9.17, 15) is 0 Å². The summed E-state index contributed by atoms with van der Waals surface area (Å²) in [6, 6.07) is 14.3. The molecule has 6 rings (SSSR count). The number of imidazole rings is 1. The molecule has 0 unspecified atom stereocenters. The molecule has 5 aromatic rings. The first-order valence-corrected chi connectivity index (χ1v) is 9.99. The van der Waals surface area contributed by atoms with E-state index in [1.54, 1.807) is 0 Å². The Morgan fingerprint density at radius 2 is 1.90 bits per heavy atom. The Balaban J connectivity index is 1.64. The summed E-state index contributed by atoms with van der Waals surface area (Å²) < 4.78 is 7.33. The van der Waals surface area contributed by atoms with E-state index in [0.717, 1.165) is 38.5 Å². The van der Waals surface area contributed by atoms with E-state index in [1.165, 1.54) is 25.7 Å². The van der Waals surface area contributed by atoms with Gasteiger partial charge in [0.15, 0.2) is 0 Å². The van der Waals surface area contributed by atoms with Crippen molar-refractivity contribution in [2.45, 2.75) is 25.2 Å². The lowest BCUT2D eigenvalue weighted by molar-refractivity contribution is 0.412. The summed E-state index contributed by atoms with van der Waals surface area (Å²) in [7, 11) is 0. The van der Waals surface area contributed by atoms with Crippen molar-refractivity contribution in [2.24, 2.45) is 0 Å². The fourth-order valence-electron chi connectivity index (χ4n) is 3.92. The molecule has 0 amide bonds. The van der Waals surface area contributed by atoms with E-state index < -0.39 is 0 Å². The van der Waals surface area contributed by atoms with E-state index in [2.05, 4.69) is 39.4 Å². The van der Waals surface area contributed by atoms with Gasteiger partial charge in [0.2, 0.25) is 6.39 Å². The van der Waals surface area contributed by atoms with Crippen LogP contribution in [0.3, 0.4) is 0 Å². The van der Waals surface area contributed by atoms with Crippen molar-refractivity contribution in [2.75, 3.05) is 0 Å². The average molecular weight is 402 g/mol. The summed E-state index contributed by atoms with van der Waals surface area (Å²) >= 11 is 6.12. The van der Waals surface area contributed by atoms with E-state index >= 15 is 0 Å². The molecule has 1 saturated carbocycles. The molecule has 142 valence electrons. The molecule has 29 heavy (non-hydrogen) atoms. The zero-order valence-corrected chi connectivity index (χ0v) is 16.2. The lowest BCUT2D eigenvalue weighted by atomic mass is 9.82. The predicted octanol–water partition coefficient (Wildman–Crippen LogP) is 5.52. The van der Waals surface area contributed by atoms with Crippen molar-refractivity contribution in [3.8, 4) is 22.7 Å². The quantitative estimate of drug-likeness (QED) is 0.398. The molecule has 0 N–H and O–H groups in total. The molecule has 0 saturated heterocycles. The maximum atomic E-state index is 6.12. The first kappa shape index (κ1) is 16.7. The van der Waals surface area contributed by atoms with Crippen molar-refractivity contribution >= 4 is 28.3 Å². The Morgan fingerprint density at radius 3 is 2.62 bits per heavy atom. The standard InChI is InChI=1S/C22H16ClN5O/c23-15-6-4-13(5-7-15)17-10-18(14-2-1-3-14)26-21-16(17)8-9-20-25-19(11-28(20)21)22-27-24-12-29-22/h4-12,14H,1-3H2. The van der Waals surface area contributed by atoms with Gasteiger partial charge in [-0.2, -0.15) is 0 Å². The second-order valence-electron chi connectivity index (χ2n) is 7.40. The van der Waals surface area contributed by atoms with Crippen LogP contribution in [0.1, 0.15) is 30.9 Å². The molecule has 4 heterocycles. The fourth-order valence-corrected chi connectivity index (χ4v) is 4.04. The highest BCUT2D eigenvalue weighted by atomic mass is 35.5. The summed E-state index contributed by atoms with van der Waals surface area (Å²) in [5, 5.41) is 9.53. The van der Waals surface area contributed by atoms with Gasteiger partial charge in [-0.25, -0.2) is 9.97 Å². The van der Waals surface area contributed by atoms with E-state index in [0.29, 0.717) is 17.5 Å². The number of halogens is 1. The minimum absolute atomic E-state index is 0.398. The maximum absolute atomic E-state index is 6.12. The normalized spacial score (nSPS) is 14.5. The van der Waals surface area contributed by atoms with Crippen molar-refractivity contribution < 1.29 is 4.42 Å². The summed E-state index contributed by atoms with van der Waals surface area (Å²) in [4.78, 5) is 9.69. The summed E-state index contributed by atoms with van der Waals surface area (Å²) in [5.41, 5.74) is 5.73. The number of rotatable bonds is 3. The molecule has 7 heteroatoms. The molecule has 1 aliphatic rings. The van der Waals surface area contributed by atoms with Gasteiger partial charge in [-0.15, -0.1) is 10.2 Å². The van der Waals surface area contributed by atoms with Crippen LogP contribution in [-0.2, 0) is 0 Å². The van der Waals surface area contributed by atoms with Gasteiger partial charge in [0, 0.05) is 28.2 Å². The van der Waals surface area contributed by atoms with Crippen LogP contribution in [0.2, 0.25) is 5.02 Å². The van der Waals surface area contributed by atoms with Gasteiger partial charge in [0.25, 0.3) is 5.89 Å². The minimum atomic E-state index is 0.398. The summed E-state index contributed by atoms with van der Waals surface area (Å²) in [6.45, 7) is 0. The Bertz CT molecular complexity index is 1340. The second kappa shape index (κ2) is 6.39. The third kappa shape index (κ3) is 2.71. The van der Waals surface area contributed by atoms with Crippen molar-refractivity contribution in [1.82, 2.24) is 24.6 Å². The number of hydrogen-bond donors (Lipinski definition) is 0. The van der Waals surface area contributed by atoms with Crippen LogP contribution >= 0.6 is 11.6 Å². The van der Waals surface area contributed by atoms with Gasteiger partial charge < -0.3 is 4.42 Å². The Hall–Kier alpha value is -3.25. The molecule has 0 radical (unpaired) electrons. The zero-order valence-electron chi connectivity index (χ0n) is 15.4. The highest BCUT2D eigenvalue weighted by molar-refractivity contribution is 6.30. The van der Waals surface area contributed by atoms with Crippen LogP contribution in [0.25, 0.3) is 39.4 Å². The molecular formula is C22H16ClN5O. The topological polar surface area (TPSA) is 69.1 Å². The van der Waals surface area contributed by atoms with E-state index in [-0.39, 0.29) is 0 Å². The second-order valence-corrected chi connectivity index (χ2v) is 7.83. The molecule has 1 aliphatic carbocycles. The number of nitrogens with zero attached hydrogens (tertiary/aromatic N) is 5. The lowest BCUT2D eigenvalue weighted by Gasteiger charge is -2.25. The molecule has 0 atom stereocenters. The van der Waals surface area contributed by atoms with Gasteiger partial charge in [-0.05, 0) is 54.3 Å². The molecule has 4 aromatic heterocycles. The Labute approximate surface area is 171 Å². The van der Waals surface area contributed by atoms with E-state index in [4.69, 9.17) is 21.0 Å². The third-order valence-corrected chi connectivity index (χ3v) is 5.93. The SMILES string of the molecule is Clc1ccc(-c2cc(C3CCC3)nc3c2ccc2nc(-c4nnco4)cn23)cc1. The van der Waals surface area contributed by atoms with Crippen molar-refractivity contribution in [3.63, 3.8) is 0 Å². The van der Waals surface area contributed by atoms with Gasteiger partial charge in [-0.3, -0.25) is 4.40 Å². The average Bonchev–Trinajstić information content (AvgIpc) is 3.36. The Morgan fingerprint density at radius 1 is 1.03 bits per heavy atom. The number of aromatic nitrogens is 5. The highest BCUT2D eigenvalue weighted by Crippen LogP contribution is 2.39. The third-order valence-electron chi connectivity index (χ3n) is 5.68. The number of fused-ring (bicyclic) bond motifs is 3. The molecule has 1 fully saturated rings. The van der Waals surface area contributed by atoms with Crippen LogP contribution in [0.4, 0.5) is 0 Å². The number of benzene rings is 1. The number of hydrogen-bond acceptors (Lipinski definition) is 5. The summed E-state index contributed by atoms with van der Waals surface area (Å²) in [6.07, 6.45) is 6.85. The lowest BCUT2D eigenvalue weighted by Crippen LogP contribution is -2.11. The van der Waals surface area contributed by atoms with Crippen molar-refractivity contribution in [1.29, 1.82) is 0 Å². The van der Waals surface area contributed by atoms with Crippen LogP contribution in [0, 0.1) is 0 Å². The number of pyridine rings is 2. The van der Waals surface area contributed by atoms with E-state index in [1.807, 2.05) is 28.8 Å². The Kier molecular flexibility index (Phi) is 3.67. The molecule has 0 spiro atoms. The van der Waals surface area contributed by atoms with Gasteiger partial charge in [0.1, 0.15) is 17.0 Å². The van der Waals surface area contributed by atoms with Gasteiger partial charge in [0.05, 0.1) is 0 Å². The predicted molar refractivity (Wildman–Crippen MR) is 111 cm³/mol. The monoisotopic (exact) mass is 401 g/mol. The largest absolute Gasteiger partial charge is 0.422 e. The summed E-state index contributed by atoms with van der Waals surface area (Å²) in [5.74, 6) is 0.912. The maximum Gasteiger partial charge on any atom is 0.267 e. The first-order valence-electron chi connectivity index (χ1n) is 9.61. The van der Waals surface area contributed by atoms with Crippen LogP contribution in [0.5, 0.6) is 0 Å².